The normalized spacial score (nSPS) is 11.7. The minimum atomic E-state index is -4.39. The van der Waals surface area contributed by atoms with Crippen molar-refractivity contribution in [1.29, 1.82) is 0 Å². The largest absolute Gasteiger partial charge is 0.441 e. The molecule has 0 aliphatic rings. The Labute approximate surface area is 128 Å². The van der Waals surface area contributed by atoms with Crippen LogP contribution in [0.3, 0.4) is 0 Å². The molecule has 2 N–H and O–H groups in total. The molecule has 0 bridgehead atoms. The molecular weight excluding hydrogens is 364 g/mol. The van der Waals surface area contributed by atoms with Crippen molar-refractivity contribution in [3.63, 3.8) is 0 Å². The van der Waals surface area contributed by atoms with E-state index < -0.39 is 21.1 Å². The van der Waals surface area contributed by atoms with Gasteiger partial charge in [-0.05, 0) is 36.4 Å². The Balaban J connectivity index is 2.01. The third kappa shape index (κ3) is 4.25. The fraction of sp³-hybridized carbons (Fsp3) is 0. The lowest BCUT2D eigenvalue weighted by molar-refractivity contribution is 0.0955. The number of rotatable bonds is 4. The molecule has 0 radical (unpaired) electrons. The fourth-order valence-corrected chi connectivity index (χ4v) is 2.07. The number of halogens is 1. The molecule has 1 aromatic carbocycles. The molecule has 0 unspecified atom stereocenters. The van der Waals surface area contributed by atoms with Crippen molar-refractivity contribution in [3.8, 4) is 0 Å². The van der Waals surface area contributed by atoms with E-state index in [-0.39, 0.29) is 5.76 Å². The number of hydrazone groups is 1. The Morgan fingerprint density at radius 1 is 1.24 bits per heavy atom. The number of hydrogen-bond donors (Lipinski definition) is 2. The van der Waals surface area contributed by atoms with Gasteiger partial charge in [0.2, 0.25) is 5.09 Å². The highest BCUT2D eigenvalue weighted by Gasteiger charge is 2.14. The quantitative estimate of drug-likeness (QED) is 0.484. The van der Waals surface area contributed by atoms with Gasteiger partial charge in [-0.2, -0.15) is 13.5 Å². The Morgan fingerprint density at radius 2 is 1.90 bits per heavy atom. The maximum atomic E-state index is 11.7. The summed E-state index contributed by atoms with van der Waals surface area (Å²) in [5.41, 5.74) is 2.67. The molecule has 1 amide bonds. The number of amides is 1. The van der Waals surface area contributed by atoms with Gasteiger partial charge in [0, 0.05) is 10.0 Å². The first-order valence-electron chi connectivity index (χ1n) is 5.52. The second-order valence-corrected chi connectivity index (χ2v) is 6.11. The van der Waals surface area contributed by atoms with Crippen molar-refractivity contribution in [3.05, 3.63) is 52.2 Å². The van der Waals surface area contributed by atoms with E-state index in [9.17, 15) is 13.2 Å². The molecule has 21 heavy (non-hydrogen) atoms. The molecule has 0 atom stereocenters. The Hall–Kier alpha value is -1.97. The Morgan fingerprint density at radius 3 is 2.48 bits per heavy atom. The summed E-state index contributed by atoms with van der Waals surface area (Å²) in [5, 5.41) is 3.03. The van der Waals surface area contributed by atoms with Crippen LogP contribution in [-0.2, 0) is 10.1 Å². The molecule has 0 aliphatic carbocycles. The van der Waals surface area contributed by atoms with Crippen LogP contribution in [0.2, 0.25) is 0 Å². The second kappa shape index (κ2) is 6.20. The smallest absolute Gasteiger partial charge is 0.328 e. The minimum absolute atomic E-state index is 0.0683. The van der Waals surface area contributed by atoms with Crippen LogP contribution >= 0.6 is 15.9 Å². The summed E-state index contributed by atoms with van der Waals surface area (Å²) >= 11 is 3.25. The Bertz CT molecular complexity index is 780. The van der Waals surface area contributed by atoms with Crippen molar-refractivity contribution in [2.75, 3.05) is 0 Å². The molecule has 2 aromatic rings. The van der Waals surface area contributed by atoms with Crippen molar-refractivity contribution in [2.45, 2.75) is 5.09 Å². The van der Waals surface area contributed by atoms with E-state index in [0.29, 0.717) is 5.56 Å². The van der Waals surface area contributed by atoms with E-state index in [1.54, 1.807) is 24.3 Å². The zero-order valence-corrected chi connectivity index (χ0v) is 12.8. The standard InChI is InChI=1S/C12H9BrN2O5S/c13-9-3-1-8(2-4-9)12(16)15-14-7-10-5-6-11(20-10)21(17,18)19/h1-7H,(H,15,16)(H,17,18,19)/b14-7+. The van der Waals surface area contributed by atoms with Crippen LogP contribution < -0.4 is 5.43 Å². The van der Waals surface area contributed by atoms with Crippen LogP contribution in [0.4, 0.5) is 0 Å². The van der Waals surface area contributed by atoms with Crippen molar-refractivity contribution in [1.82, 2.24) is 5.43 Å². The van der Waals surface area contributed by atoms with Crippen LogP contribution in [0.1, 0.15) is 16.1 Å². The van der Waals surface area contributed by atoms with Gasteiger partial charge in [-0.25, -0.2) is 5.43 Å². The third-order valence-corrected chi connectivity index (χ3v) is 3.58. The Kier molecular flexibility index (Phi) is 4.56. The van der Waals surface area contributed by atoms with E-state index in [4.69, 9.17) is 8.97 Å². The highest BCUT2D eigenvalue weighted by molar-refractivity contribution is 9.10. The maximum Gasteiger partial charge on any atom is 0.328 e. The molecule has 0 saturated heterocycles. The predicted octanol–water partition coefficient (Wildman–Crippen LogP) is 2.05. The fourth-order valence-electron chi connectivity index (χ4n) is 1.36. The summed E-state index contributed by atoms with van der Waals surface area (Å²) in [7, 11) is -4.39. The first kappa shape index (κ1) is 15.4. The SMILES string of the molecule is O=C(N/N=C/c1ccc(S(=O)(=O)O)o1)c1ccc(Br)cc1. The summed E-state index contributed by atoms with van der Waals surface area (Å²) < 4.78 is 36.0. The molecule has 7 nitrogen and oxygen atoms in total. The van der Waals surface area contributed by atoms with E-state index in [2.05, 4.69) is 26.5 Å². The maximum absolute atomic E-state index is 11.7. The van der Waals surface area contributed by atoms with Crippen molar-refractivity contribution < 1.29 is 22.2 Å². The van der Waals surface area contributed by atoms with Crippen LogP contribution in [-0.4, -0.2) is 25.1 Å². The summed E-state index contributed by atoms with van der Waals surface area (Å²) in [6.07, 6.45) is 1.12. The lowest BCUT2D eigenvalue weighted by atomic mass is 10.2. The molecular formula is C12H9BrN2O5S. The highest BCUT2D eigenvalue weighted by atomic mass is 79.9. The average molecular weight is 373 g/mol. The summed E-state index contributed by atoms with van der Waals surface area (Å²) in [4.78, 5) is 11.7. The first-order chi connectivity index (χ1) is 9.86. The molecule has 2 rings (SSSR count). The predicted molar refractivity (Wildman–Crippen MR) is 77.7 cm³/mol. The summed E-state index contributed by atoms with van der Waals surface area (Å²) in [6, 6.07) is 9.01. The first-order valence-corrected chi connectivity index (χ1v) is 7.76. The van der Waals surface area contributed by atoms with Gasteiger partial charge >= 0.3 is 10.1 Å². The highest BCUT2D eigenvalue weighted by Crippen LogP contribution is 2.12. The van der Waals surface area contributed by atoms with Crippen molar-refractivity contribution in [2.24, 2.45) is 5.10 Å². The number of benzene rings is 1. The zero-order chi connectivity index (χ0) is 15.5. The molecule has 0 spiro atoms. The lowest BCUT2D eigenvalue weighted by Crippen LogP contribution is -2.17. The molecule has 0 fully saturated rings. The molecule has 9 heteroatoms. The third-order valence-electron chi connectivity index (χ3n) is 2.32. The monoisotopic (exact) mass is 372 g/mol. The summed E-state index contributed by atoms with van der Waals surface area (Å²) in [5.74, 6) is -0.362. The van der Waals surface area contributed by atoms with Gasteiger partial charge < -0.3 is 4.42 Å². The van der Waals surface area contributed by atoms with Crippen LogP contribution in [0.5, 0.6) is 0 Å². The van der Waals surface area contributed by atoms with Crippen LogP contribution in [0.15, 0.2) is 55.5 Å². The minimum Gasteiger partial charge on any atom is -0.441 e. The zero-order valence-electron chi connectivity index (χ0n) is 10.4. The molecule has 0 saturated carbocycles. The second-order valence-electron chi connectivity index (χ2n) is 3.84. The van der Waals surface area contributed by atoms with Gasteiger partial charge in [0.1, 0.15) is 5.76 Å². The summed E-state index contributed by atoms with van der Waals surface area (Å²) in [6.45, 7) is 0. The number of carbonyl (C=O) groups excluding carboxylic acids is 1. The molecule has 0 aliphatic heterocycles. The number of carbonyl (C=O) groups is 1. The topological polar surface area (TPSA) is 109 Å². The number of nitrogens with zero attached hydrogens (tertiary/aromatic N) is 1. The number of hydrogen-bond acceptors (Lipinski definition) is 5. The molecule has 1 heterocycles. The van der Waals surface area contributed by atoms with Gasteiger partial charge in [-0.3, -0.25) is 9.35 Å². The van der Waals surface area contributed by atoms with E-state index in [0.717, 1.165) is 16.8 Å². The van der Waals surface area contributed by atoms with Gasteiger partial charge in [-0.15, -0.1) is 0 Å². The molecule has 1 aromatic heterocycles. The van der Waals surface area contributed by atoms with Crippen LogP contribution in [0.25, 0.3) is 0 Å². The van der Waals surface area contributed by atoms with E-state index in [1.165, 1.54) is 6.07 Å². The average Bonchev–Trinajstić information content (AvgIpc) is 2.88. The lowest BCUT2D eigenvalue weighted by Gasteiger charge is -1.99. The van der Waals surface area contributed by atoms with Crippen LogP contribution in [0, 0.1) is 0 Å². The van der Waals surface area contributed by atoms with E-state index in [1.807, 2.05) is 0 Å². The van der Waals surface area contributed by atoms with Gasteiger partial charge in [0.05, 0.1) is 6.21 Å². The number of nitrogens with one attached hydrogen (secondary N) is 1. The molecule has 110 valence electrons. The van der Waals surface area contributed by atoms with Gasteiger partial charge in [-0.1, -0.05) is 15.9 Å². The van der Waals surface area contributed by atoms with E-state index >= 15 is 0 Å². The van der Waals surface area contributed by atoms with Gasteiger partial charge in [0.25, 0.3) is 5.91 Å². The number of furan rings is 1. The van der Waals surface area contributed by atoms with Gasteiger partial charge in [0.15, 0.2) is 0 Å². The van der Waals surface area contributed by atoms with Crippen molar-refractivity contribution >= 4 is 38.2 Å².